The Morgan fingerprint density at radius 1 is 1.12 bits per heavy atom. The second-order valence-electron chi connectivity index (χ2n) is 10.1. The number of nitrogens with one attached hydrogen (secondary N) is 2. The standard InChI is InChI=1S/C25H38N4O4/c1-26-25(20-7-4-3-5-8-20)13-11-23(12-14-25)18-28(17-21(30)27-15-16-33-2)22(31)29(23)19-24(32)9-6-10-24/h3-5,7-8,26,32H,6,9-19H2,1-2H3,(H,27,30)/t23-,25-. The predicted molar refractivity (Wildman–Crippen MR) is 126 cm³/mol. The van der Waals surface area contributed by atoms with E-state index in [4.69, 9.17) is 4.74 Å². The van der Waals surface area contributed by atoms with Crippen LogP contribution >= 0.6 is 0 Å². The number of methoxy groups -OCH3 is 1. The summed E-state index contributed by atoms with van der Waals surface area (Å²) in [5, 5.41) is 17.3. The molecule has 1 aromatic rings. The van der Waals surface area contributed by atoms with Crippen molar-refractivity contribution in [2.24, 2.45) is 0 Å². The van der Waals surface area contributed by atoms with Crippen molar-refractivity contribution < 1.29 is 19.4 Å². The molecule has 1 aliphatic heterocycles. The molecule has 2 aliphatic carbocycles. The van der Waals surface area contributed by atoms with Crippen LogP contribution in [0.25, 0.3) is 0 Å². The number of carbonyl (C=O) groups excluding carboxylic acids is 2. The highest BCUT2D eigenvalue weighted by Crippen LogP contribution is 2.48. The zero-order valence-corrected chi connectivity index (χ0v) is 19.9. The number of amides is 3. The smallest absolute Gasteiger partial charge is 0.321 e. The van der Waals surface area contributed by atoms with Crippen LogP contribution in [0.4, 0.5) is 4.79 Å². The maximum Gasteiger partial charge on any atom is 0.321 e. The second kappa shape index (κ2) is 9.60. The molecule has 3 fully saturated rings. The molecule has 3 aliphatic rings. The molecule has 0 bridgehead atoms. The van der Waals surface area contributed by atoms with Gasteiger partial charge in [-0.2, -0.15) is 0 Å². The number of ether oxygens (including phenoxy) is 1. The van der Waals surface area contributed by atoms with Gasteiger partial charge < -0.3 is 30.3 Å². The van der Waals surface area contributed by atoms with Gasteiger partial charge in [0.05, 0.1) is 24.3 Å². The Hall–Kier alpha value is -2.16. The monoisotopic (exact) mass is 458 g/mol. The predicted octanol–water partition coefficient (Wildman–Crippen LogP) is 1.83. The molecule has 8 nitrogen and oxygen atoms in total. The molecular weight excluding hydrogens is 420 g/mol. The molecule has 1 aromatic carbocycles. The molecule has 182 valence electrons. The Morgan fingerprint density at radius 2 is 1.82 bits per heavy atom. The van der Waals surface area contributed by atoms with E-state index in [1.165, 1.54) is 5.56 Å². The Bertz CT molecular complexity index is 834. The molecule has 3 amide bonds. The summed E-state index contributed by atoms with van der Waals surface area (Å²) in [6.07, 6.45) is 5.89. The van der Waals surface area contributed by atoms with Gasteiger partial charge >= 0.3 is 6.03 Å². The summed E-state index contributed by atoms with van der Waals surface area (Å²) in [4.78, 5) is 29.5. The van der Waals surface area contributed by atoms with Crippen molar-refractivity contribution >= 4 is 11.9 Å². The van der Waals surface area contributed by atoms with Gasteiger partial charge in [-0.15, -0.1) is 0 Å². The summed E-state index contributed by atoms with van der Waals surface area (Å²) < 4.78 is 4.99. The third kappa shape index (κ3) is 4.74. The number of nitrogens with zero attached hydrogens (tertiary/aromatic N) is 2. The van der Waals surface area contributed by atoms with E-state index in [2.05, 4.69) is 34.9 Å². The first-order chi connectivity index (χ1) is 15.9. The van der Waals surface area contributed by atoms with E-state index >= 15 is 0 Å². The molecule has 0 radical (unpaired) electrons. The highest BCUT2D eigenvalue weighted by atomic mass is 16.5. The first kappa shape index (κ1) is 24.0. The Morgan fingerprint density at radius 3 is 2.39 bits per heavy atom. The lowest BCUT2D eigenvalue weighted by Gasteiger charge is -2.50. The molecule has 4 rings (SSSR count). The Kier molecular flexibility index (Phi) is 6.98. The van der Waals surface area contributed by atoms with E-state index in [0.717, 1.165) is 44.9 Å². The van der Waals surface area contributed by atoms with Gasteiger partial charge in [0.15, 0.2) is 0 Å². The molecule has 33 heavy (non-hydrogen) atoms. The van der Waals surface area contributed by atoms with E-state index in [0.29, 0.717) is 26.2 Å². The summed E-state index contributed by atoms with van der Waals surface area (Å²) in [5.74, 6) is -0.176. The van der Waals surface area contributed by atoms with E-state index < -0.39 is 5.60 Å². The molecule has 8 heteroatoms. The minimum atomic E-state index is -0.795. The number of hydrogen-bond donors (Lipinski definition) is 3. The lowest BCUT2D eigenvalue weighted by atomic mass is 9.68. The quantitative estimate of drug-likeness (QED) is 0.491. The van der Waals surface area contributed by atoms with Crippen LogP contribution in [0.15, 0.2) is 30.3 Å². The number of carbonyl (C=O) groups is 2. The lowest BCUT2D eigenvalue weighted by Crippen LogP contribution is -2.59. The number of hydrogen-bond acceptors (Lipinski definition) is 5. The van der Waals surface area contributed by atoms with Gasteiger partial charge in [-0.3, -0.25) is 4.79 Å². The van der Waals surface area contributed by atoms with E-state index in [1.54, 1.807) is 12.0 Å². The number of urea groups is 1. The lowest BCUT2D eigenvalue weighted by molar-refractivity contribution is -0.121. The number of β-amino-alcohol motifs (C(OH)–C–C–N with tert-alkyl or cyclic N) is 1. The minimum Gasteiger partial charge on any atom is -0.388 e. The van der Waals surface area contributed by atoms with Gasteiger partial charge in [0.1, 0.15) is 6.54 Å². The van der Waals surface area contributed by atoms with Gasteiger partial charge in [-0.25, -0.2) is 4.79 Å². The van der Waals surface area contributed by atoms with Crippen LogP contribution in [0.2, 0.25) is 0 Å². The molecule has 0 aromatic heterocycles. The van der Waals surface area contributed by atoms with Gasteiger partial charge in [-0.1, -0.05) is 30.3 Å². The van der Waals surface area contributed by atoms with E-state index in [1.807, 2.05) is 18.0 Å². The Balaban J connectivity index is 1.52. The van der Waals surface area contributed by atoms with Crippen molar-refractivity contribution in [3.63, 3.8) is 0 Å². The maximum absolute atomic E-state index is 13.5. The van der Waals surface area contributed by atoms with Crippen molar-refractivity contribution in [1.29, 1.82) is 0 Å². The molecule has 3 N–H and O–H groups in total. The fraction of sp³-hybridized carbons (Fsp3) is 0.680. The van der Waals surface area contributed by atoms with Crippen LogP contribution in [0.3, 0.4) is 0 Å². The first-order valence-electron chi connectivity index (χ1n) is 12.1. The van der Waals surface area contributed by atoms with Gasteiger partial charge in [-0.05, 0) is 57.6 Å². The molecule has 0 atom stereocenters. The average Bonchev–Trinajstić information content (AvgIpc) is 3.05. The van der Waals surface area contributed by atoms with E-state index in [-0.39, 0.29) is 29.6 Å². The van der Waals surface area contributed by atoms with Gasteiger partial charge in [0, 0.05) is 25.7 Å². The highest BCUT2D eigenvalue weighted by molar-refractivity contribution is 5.86. The van der Waals surface area contributed by atoms with Gasteiger partial charge in [0.25, 0.3) is 0 Å². The van der Waals surface area contributed by atoms with Gasteiger partial charge in [0.2, 0.25) is 5.91 Å². The molecule has 1 spiro atoms. The molecule has 1 saturated heterocycles. The average molecular weight is 459 g/mol. The SMILES string of the molecule is CN[C@]1(c2ccccc2)CC[C@@]2(CC1)CN(CC(=O)NCCOC)C(=O)N2CC1(O)CCC1. The highest BCUT2D eigenvalue weighted by Gasteiger charge is 2.56. The molecule has 0 unspecified atom stereocenters. The van der Waals surface area contributed by atoms with Crippen LogP contribution in [0.1, 0.15) is 50.5 Å². The van der Waals surface area contributed by atoms with E-state index in [9.17, 15) is 14.7 Å². The third-order valence-electron chi connectivity index (χ3n) is 8.10. The van der Waals surface area contributed by atoms with Crippen molar-refractivity contribution in [3.05, 3.63) is 35.9 Å². The van der Waals surface area contributed by atoms with Crippen LogP contribution in [-0.2, 0) is 15.1 Å². The topological polar surface area (TPSA) is 94.1 Å². The Labute approximate surface area is 196 Å². The zero-order valence-electron chi connectivity index (χ0n) is 19.9. The first-order valence-corrected chi connectivity index (χ1v) is 12.1. The summed E-state index contributed by atoms with van der Waals surface area (Å²) in [7, 11) is 3.60. The fourth-order valence-electron chi connectivity index (χ4n) is 5.81. The maximum atomic E-state index is 13.5. The molecule has 1 heterocycles. The number of aliphatic hydroxyl groups is 1. The zero-order chi connectivity index (χ0) is 23.5. The summed E-state index contributed by atoms with van der Waals surface area (Å²) in [6.45, 7) is 1.77. The van der Waals surface area contributed by atoms with Crippen LogP contribution in [0.5, 0.6) is 0 Å². The summed E-state index contributed by atoms with van der Waals surface area (Å²) >= 11 is 0. The molecular formula is C25H38N4O4. The van der Waals surface area contributed by atoms with Crippen molar-refractivity contribution in [3.8, 4) is 0 Å². The number of rotatable bonds is 9. The summed E-state index contributed by atoms with van der Waals surface area (Å²) in [6, 6.07) is 10.4. The second-order valence-corrected chi connectivity index (χ2v) is 10.1. The fourth-order valence-corrected chi connectivity index (χ4v) is 5.81. The molecule has 2 saturated carbocycles. The van der Waals surface area contributed by atoms with Crippen molar-refractivity contribution in [2.45, 2.75) is 61.6 Å². The minimum absolute atomic E-state index is 0.0368. The number of benzene rings is 1. The summed E-state index contributed by atoms with van der Waals surface area (Å²) in [5.41, 5.74) is -0.00880. The van der Waals surface area contributed by atoms with Crippen molar-refractivity contribution in [1.82, 2.24) is 20.4 Å². The van der Waals surface area contributed by atoms with Crippen LogP contribution in [-0.4, -0.2) is 84.9 Å². The normalized spacial score (nSPS) is 28.8. The van der Waals surface area contributed by atoms with Crippen molar-refractivity contribution in [2.75, 3.05) is 46.9 Å². The van der Waals surface area contributed by atoms with Crippen LogP contribution in [0, 0.1) is 0 Å². The largest absolute Gasteiger partial charge is 0.388 e. The third-order valence-corrected chi connectivity index (χ3v) is 8.10. The van der Waals surface area contributed by atoms with Crippen LogP contribution < -0.4 is 10.6 Å².